The summed E-state index contributed by atoms with van der Waals surface area (Å²) in [5.74, 6) is -0.918. The Morgan fingerprint density at radius 2 is 2.09 bits per heavy atom. The molecule has 0 heterocycles. The Balaban J connectivity index is 4.08. The minimum absolute atomic E-state index is 0.0801. The smallest absolute Gasteiger partial charge is 0.332 e. The maximum absolute atomic E-state index is 10.6. The van der Waals surface area contributed by atoms with Crippen LogP contribution in [0.2, 0.25) is 0 Å². The van der Waals surface area contributed by atoms with Gasteiger partial charge in [-0.25, -0.2) is 4.79 Å². The molecule has 0 aromatic carbocycles. The number of Topliss-reactive ketones (excluding diaryl/α,β-unsaturated/α-hetero) is 1. The van der Waals surface area contributed by atoms with Crippen molar-refractivity contribution in [2.75, 3.05) is 6.61 Å². The van der Waals surface area contributed by atoms with Crippen molar-refractivity contribution in [3.63, 3.8) is 0 Å². The van der Waals surface area contributed by atoms with E-state index in [2.05, 4.69) is 4.74 Å². The molecule has 0 spiro atoms. The van der Waals surface area contributed by atoms with E-state index in [1.54, 1.807) is 6.92 Å². The molecule has 62 valence electrons. The molecule has 0 aromatic heterocycles. The Kier molecular flexibility index (Phi) is 3.95. The van der Waals surface area contributed by atoms with Crippen LogP contribution in [0.1, 0.15) is 13.8 Å². The maximum Gasteiger partial charge on any atom is 0.332 e. The lowest BCUT2D eigenvalue weighted by Crippen LogP contribution is -2.11. The molecular formula is C7H11NO3. The summed E-state index contributed by atoms with van der Waals surface area (Å²) in [6.45, 7) is 3.24. The lowest BCUT2D eigenvalue weighted by molar-refractivity contribution is -0.137. The van der Waals surface area contributed by atoms with E-state index in [0.29, 0.717) is 0 Å². The lowest BCUT2D eigenvalue weighted by atomic mass is 10.3. The zero-order chi connectivity index (χ0) is 8.85. The summed E-state index contributed by atoms with van der Waals surface area (Å²) < 4.78 is 4.52. The standard InChI is InChI=1S/C7H11NO3/c1-3-11-7(10)4-6(8)5(2)9/h4H,3,8H2,1-2H3/b6-4-. The topological polar surface area (TPSA) is 69.4 Å². The molecule has 0 aromatic rings. The van der Waals surface area contributed by atoms with Gasteiger partial charge in [0.05, 0.1) is 12.3 Å². The van der Waals surface area contributed by atoms with Crippen molar-refractivity contribution < 1.29 is 14.3 Å². The van der Waals surface area contributed by atoms with E-state index < -0.39 is 5.97 Å². The van der Waals surface area contributed by atoms with E-state index >= 15 is 0 Å². The third-order valence-corrected chi connectivity index (χ3v) is 0.966. The van der Waals surface area contributed by atoms with E-state index in [4.69, 9.17) is 5.73 Å². The van der Waals surface area contributed by atoms with Gasteiger partial charge in [-0.3, -0.25) is 4.79 Å². The Bertz CT molecular complexity index is 196. The monoisotopic (exact) mass is 157 g/mol. The molecule has 0 fully saturated rings. The average Bonchev–Trinajstić information content (AvgIpc) is 1.87. The molecule has 0 saturated heterocycles. The molecule has 11 heavy (non-hydrogen) atoms. The first-order valence-electron chi connectivity index (χ1n) is 3.22. The summed E-state index contributed by atoms with van der Waals surface area (Å²) in [5, 5.41) is 0. The first kappa shape index (κ1) is 9.68. The highest BCUT2D eigenvalue weighted by molar-refractivity contribution is 5.98. The second-order valence-electron chi connectivity index (χ2n) is 1.91. The van der Waals surface area contributed by atoms with Crippen LogP contribution in [0.4, 0.5) is 0 Å². The second-order valence-corrected chi connectivity index (χ2v) is 1.91. The summed E-state index contributed by atoms with van der Waals surface area (Å²) in [5.41, 5.74) is 5.08. The van der Waals surface area contributed by atoms with Crippen LogP contribution >= 0.6 is 0 Å². The summed E-state index contributed by atoms with van der Waals surface area (Å²) in [6, 6.07) is 0. The van der Waals surface area contributed by atoms with Crippen LogP contribution in [0.3, 0.4) is 0 Å². The molecule has 0 radical (unpaired) electrons. The number of ether oxygens (including phenoxy) is 1. The predicted molar refractivity (Wildman–Crippen MR) is 39.6 cm³/mol. The van der Waals surface area contributed by atoms with Gasteiger partial charge in [0.2, 0.25) is 0 Å². The van der Waals surface area contributed by atoms with Gasteiger partial charge in [0.1, 0.15) is 0 Å². The summed E-state index contributed by atoms with van der Waals surface area (Å²) in [4.78, 5) is 21.1. The molecule has 4 heteroatoms. The lowest BCUT2D eigenvalue weighted by Gasteiger charge is -1.96. The van der Waals surface area contributed by atoms with Crippen molar-refractivity contribution in [2.24, 2.45) is 5.73 Å². The van der Waals surface area contributed by atoms with Crippen molar-refractivity contribution >= 4 is 11.8 Å². The minimum atomic E-state index is -0.583. The Morgan fingerprint density at radius 1 is 1.55 bits per heavy atom. The first-order valence-corrected chi connectivity index (χ1v) is 3.22. The van der Waals surface area contributed by atoms with Crippen molar-refractivity contribution in [3.8, 4) is 0 Å². The van der Waals surface area contributed by atoms with Gasteiger partial charge in [-0.1, -0.05) is 0 Å². The molecule has 0 aliphatic rings. The number of nitrogens with two attached hydrogens (primary N) is 1. The van der Waals surface area contributed by atoms with Crippen LogP contribution in [0.5, 0.6) is 0 Å². The number of hydrogen-bond acceptors (Lipinski definition) is 4. The van der Waals surface area contributed by atoms with E-state index in [-0.39, 0.29) is 18.1 Å². The molecule has 0 aliphatic carbocycles. The summed E-state index contributed by atoms with van der Waals surface area (Å²) >= 11 is 0. The fourth-order valence-corrected chi connectivity index (χ4v) is 0.413. The van der Waals surface area contributed by atoms with Crippen molar-refractivity contribution in [1.82, 2.24) is 0 Å². The molecule has 0 rings (SSSR count). The zero-order valence-electron chi connectivity index (χ0n) is 6.59. The van der Waals surface area contributed by atoms with Crippen molar-refractivity contribution in [2.45, 2.75) is 13.8 Å². The number of esters is 1. The Hall–Kier alpha value is -1.32. The van der Waals surface area contributed by atoms with Crippen LogP contribution in [0.25, 0.3) is 0 Å². The maximum atomic E-state index is 10.6. The number of allylic oxidation sites excluding steroid dienone is 1. The van der Waals surface area contributed by atoms with Gasteiger partial charge in [-0.2, -0.15) is 0 Å². The number of rotatable bonds is 3. The quantitative estimate of drug-likeness (QED) is 0.461. The van der Waals surface area contributed by atoms with Crippen molar-refractivity contribution in [3.05, 3.63) is 11.8 Å². The zero-order valence-corrected chi connectivity index (χ0v) is 6.59. The van der Waals surface area contributed by atoms with Crippen molar-refractivity contribution in [1.29, 1.82) is 0 Å². The highest BCUT2D eigenvalue weighted by Gasteiger charge is 2.01. The van der Waals surface area contributed by atoms with Crippen LogP contribution in [-0.4, -0.2) is 18.4 Å². The Morgan fingerprint density at radius 3 is 2.45 bits per heavy atom. The van der Waals surface area contributed by atoms with Gasteiger partial charge in [-0.05, 0) is 6.92 Å². The summed E-state index contributed by atoms with van der Waals surface area (Å²) in [6.07, 6.45) is 0.978. The van der Waals surface area contributed by atoms with Crippen LogP contribution in [0.15, 0.2) is 11.8 Å². The van der Waals surface area contributed by atoms with Gasteiger partial charge >= 0.3 is 5.97 Å². The molecule has 0 saturated carbocycles. The second kappa shape index (κ2) is 4.49. The molecule has 0 bridgehead atoms. The normalized spacial score (nSPS) is 10.9. The minimum Gasteiger partial charge on any atom is -0.463 e. The van der Waals surface area contributed by atoms with Gasteiger partial charge in [0, 0.05) is 13.0 Å². The SMILES string of the molecule is CCOC(=O)/C=C(\N)C(C)=O. The van der Waals surface area contributed by atoms with Crippen LogP contribution in [0, 0.1) is 0 Å². The molecule has 0 atom stereocenters. The number of hydrogen-bond donors (Lipinski definition) is 1. The molecule has 2 N–H and O–H groups in total. The number of ketones is 1. The summed E-state index contributed by atoms with van der Waals surface area (Å²) in [7, 11) is 0. The molecule has 4 nitrogen and oxygen atoms in total. The molecule has 0 unspecified atom stereocenters. The third kappa shape index (κ3) is 4.13. The molecule has 0 aliphatic heterocycles. The highest BCUT2D eigenvalue weighted by Crippen LogP contribution is 1.88. The van der Waals surface area contributed by atoms with Gasteiger partial charge in [0.25, 0.3) is 0 Å². The molecular weight excluding hydrogens is 146 g/mol. The molecule has 0 amide bonds. The fraction of sp³-hybridized carbons (Fsp3) is 0.429. The van der Waals surface area contributed by atoms with Crippen LogP contribution < -0.4 is 5.73 Å². The number of carbonyl (C=O) groups is 2. The highest BCUT2D eigenvalue weighted by atomic mass is 16.5. The van der Waals surface area contributed by atoms with E-state index in [1.165, 1.54) is 6.92 Å². The third-order valence-electron chi connectivity index (χ3n) is 0.966. The van der Waals surface area contributed by atoms with E-state index in [0.717, 1.165) is 6.08 Å². The number of carbonyl (C=O) groups excluding carboxylic acids is 2. The first-order chi connectivity index (χ1) is 5.07. The predicted octanol–water partition coefficient (Wildman–Crippen LogP) is -0.0189. The van der Waals surface area contributed by atoms with Crippen LogP contribution in [-0.2, 0) is 14.3 Å². The van der Waals surface area contributed by atoms with E-state index in [1.807, 2.05) is 0 Å². The van der Waals surface area contributed by atoms with Gasteiger partial charge < -0.3 is 10.5 Å². The van der Waals surface area contributed by atoms with Gasteiger partial charge in [0.15, 0.2) is 5.78 Å². The largest absolute Gasteiger partial charge is 0.463 e. The average molecular weight is 157 g/mol. The fourth-order valence-electron chi connectivity index (χ4n) is 0.413. The van der Waals surface area contributed by atoms with Gasteiger partial charge in [-0.15, -0.1) is 0 Å². The Labute approximate surface area is 65.0 Å². The van der Waals surface area contributed by atoms with E-state index in [9.17, 15) is 9.59 Å².